The minimum Gasteiger partial charge on any atom is -0.427 e. The lowest BCUT2D eigenvalue weighted by molar-refractivity contribution is 0.100. The Morgan fingerprint density at radius 1 is 1.19 bits per heavy atom. The first-order valence-electron chi connectivity index (χ1n) is 6.63. The summed E-state index contributed by atoms with van der Waals surface area (Å²) in [6.07, 6.45) is 4.93. The van der Waals surface area contributed by atoms with E-state index >= 15 is 0 Å². The fraction of sp³-hybridized carbons (Fsp3) is 0.118. The Hall–Kier alpha value is -1.82. The molecular formula is C17H16INO2. The number of benzene rings is 2. The SMILES string of the molecule is CCc1ccc(/C=C/c2cc(C(N)=O)ccc2OI)cc1. The fourth-order valence-electron chi connectivity index (χ4n) is 1.95. The van der Waals surface area contributed by atoms with Crippen LogP contribution >= 0.6 is 23.0 Å². The van der Waals surface area contributed by atoms with Gasteiger partial charge in [0.1, 0.15) is 5.75 Å². The van der Waals surface area contributed by atoms with E-state index in [1.54, 1.807) is 18.2 Å². The maximum atomic E-state index is 11.3. The van der Waals surface area contributed by atoms with Crippen molar-refractivity contribution in [2.24, 2.45) is 5.73 Å². The van der Waals surface area contributed by atoms with Crippen LogP contribution in [0.5, 0.6) is 5.75 Å². The molecule has 2 aromatic carbocycles. The van der Waals surface area contributed by atoms with E-state index in [2.05, 4.69) is 31.2 Å². The van der Waals surface area contributed by atoms with Crippen molar-refractivity contribution in [2.45, 2.75) is 13.3 Å². The number of hydrogen-bond donors (Lipinski definition) is 1. The highest BCUT2D eigenvalue weighted by atomic mass is 127. The lowest BCUT2D eigenvalue weighted by Gasteiger charge is -2.05. The summed E-state index contributed by atoms with van der Waals surface area (Å²) in [5.41, 5.74) is 8.99. The van der Waals surface area contributed by atoms with E-state index in [9.17, 15) is 4.79 Å². The highest BCUT2D eigenvalue weighted by Crippen LogP contribution is 2.24. The molecule has 0 unspecified atom stereocenters. The zero-order valence-electron chi connectivity index (χ0n) is 11.7. The Morgan fingerprint density at radius 3 is 2.48 bits per heavy atom. The number of rotatable bonds is 5. The number of nitrogens with two attached hydrogens (primary N) is 1. The van der Waals surface area contributed by atoms with Crippen LogP contribution in [0.2, 0.25) is 0 Å². The highest BCUT2D eigenvalue weighted by Gasteiger charge is 2.06. The van der Waals surface area contributed by atoms with E-state index in [0.717, 1.165) is 17.5 Å². The summed E-state index contributed by atoms with van der Waals surface area (Å²) in [5, 5.41) is 0. The number of carbonyl (C=O) groups excluding carboxylic acids is 1. The van der Waals surface area contributed by atoms with E-state index in [1.165, 1.54) is 5.56 Å². The molecule has 21 heavy (non-hydrogen) atoms. The van der Waals surface area contributed by atoms with Crippen LogP contribution in [0.3, 0.4) is 0 Å². The van der Waals surface area contributed by atoms with Crippen LogP contribution < -0.4 is 8.80 Å². The molecule has 0 bridgehead atoms. The van der Waals surface area contributed by atoms with Crippen molar-refractivity contribution in [3.05, 3.63) is 64.7 Å². The molecule has 2 aromatic rings. The molecule has 3 nitrogen and oxygen atoms in total. The number of halogens is 1. The summed E-state index contributed by atoms with van der Waals surface area (Å²) >= 11 is 1.82. The standard InChI is InChI=1S/C17H16INO2/c1-2-12-3-5-13(6-4-12)7-8-14-11-15(17(19)20)9-10-16(14)21-18/h3-11H,2H2,1H3,(H2,19,20)/b8-7+. The van der Waals surface area contributed by atoms with Crippen LogP contribution in [0.4, 0.5) is 0 Å². The van der Waals surface area contributed by atoms with Gasteiger partial charge in [0.15, 0.2) is 23.0 Å². The minimum absolute atomic E-state index is 0.447. The number of aryl methyl sites for hydroxylation is 1. The van der Waals surface area contributed by atoms with Gasteiger partial charge in [-0.15, -0.1) is 0 Å². The second kappa shape index (κ2) is 7.26. The first-order chi connectivity index (χ1) is 10.1. The van der Waals surface area contributed by atoms with E-state index in [1.807, 2.05) is 35.2 Å². The number of hydrogen-bond acceptors (Lipinski definition) is 2. The molecule has 0 radical (unpaired) electrons. The second-order valence-corrected chi connectivity index (χ2v) is 5.06. The third kappa shape index (κ3) is 4.07. The molecule has 2 N–H and O–H groups in total. The molecule has 4 heteroatoms. The van der Waals surface area contributed by atoms with E-state index < -0.39 is 5.91 Å². The third-order valence-electron chi connectivity index (χ3n) is 3.22. The van der Waals surface area contributed by atoms with Crippen LogP contribution in [0, 0.1) is 0 Å². The molecule has 0 saturated carbocycles. The van der Waals surface area contributed by atoms with Gasteiger partial charge >= 0.3 is 0 Å². The summed E-state index contributed by atoms with van der Waals surface area (Å²) in [5.74, 6) is 0.249. The molecule has 1 amide bonds. The fourth-order valence-corrected chi connectivity index (χ4v) is 2.35. The molecule has 0 aliphatic carbocycles. The predicted molar refractivity (Wildman–Crippen MR) is 94.4 cm³/mol. The van der Waals surface area contributed by atoms with Crippen LogP contribution in [-0.4, -0.2) is 5.91 Å². The quantitative estimate of drug-likeness (QED) is 0.610. The average Bonchev–Trinajstić information content (AvgIpc) is 2.53. The molecule has 0 heterocycles. The molecule has 0 fully saturated rings. The zero-order chi connectivity index (χ0) is 15.2. The van der Waals surface area contributed by atoms with Crippen molar-refractivity contribution < 1.29 is 7.86 Å². The van der Waals surface area contributed by atoms with E-state index in [4.69, 9.17) is 8.80 Å². The molecule has 0 aliphatic heterocycles. The minimum atomic E-state index is -0.447. The van der Waals surface area contributed by atoms with Gasteiger partial charge in [-0.1, -0.05) is 43.3 Å². The lowest BCUT2D eigenvalue weighted by atomic mass is 10.1. The summed E-state index contributed by atoms with van der Waals surface area (Å²) in [7, 11) is 0. The Morgan fingerprint density at radius 2 is 1.90 bits per heavy atom. The molecular weight excluding hydrogens is 377 g/mol. The Balaban J connectivity index is 2.29. The maximum absolute atomic E-state index is 11.3. The van der Waals surface area contributed by atoms with Crippen molar-refractivity contribution in [1.29, 1.82) is 0 Å². The smallest absolute Gasteiger partial charge is 0.248 e. The van der Waals surface area contributed by atoms with Gasteiger partial charge in [-0.2, -0.15) is 0 Å². The molecule has 0 aliphatic rings. The third-order valence-corrected chi connectivity index (χ3v) is 3.70. The molecule has 2 rings (SSSR count). The Bertz CT molecular complexity index is 663. The van der Waals surface area contributed by atoms with E-state index in [-0.39, 0.29) is 0 Å². The first-order valence-corrected chi connectivity index (χ1v) is 7.51. The van der Waals surface area contributed by atoms with Crippen molar-refractivity contribution in [3.8, 4) is 5.75 Å². The zero-order valence-corrected chi connectivity index (χ0v) is 13.8. The summed E-state index contributed by atoms with van der Waals surface area (Å²) < 4.78 is 5.27. The second-order valence-electron chi connectivity index (χ2n) is 4.62. The Labute approximate surface area is 138 Å². The van der Waals surface area contributed by atoms with Gasteiger partial charge < -0.3 is 8.80 Å². The van der Waals surface area contributed by atoms with Gasteiger partial charge in [0.25, 0.3) is 0 Å². The highest BCUT2D eigenvalue weighted by molar-refractivity contribution is 14.1. The topological polar surface area (TPSA) is 52.3 Å². The van der Waals surface area contributed by atoms with Gasteiger partial charge in [0.2, 0.25) is 5.91 Å². The normalized spacial score (nSPS) is 10.8. The molecule has 0 saturated heterocycles. The summed E-state index contributed by atoms with van der Waals surface area (Å²) in [4.78, 5) is 11.3. The lowest BCUT2D eigenvalue weighted by Crippen LogP contribution is -2.10. The van der Waals surface area contributed by atoms with Crippen molar-refractivity contribution in [3.63, 3.8) is 0 Å². The summed E-state index contributed by atoms with van der Waals surface area (Å²) in [6.45, 7) is 2.13. The number of amides is 1. The Kier molecular flexibility index (Phi) is 5.38. The average molecular weight is 393 g/mol. The van der Waals surface area contributed by atoms with Crippen molar-refractivity contribution >= 4 is 41.1 Å². The molecule has 0 aromatic heterocycles. The largest absolute Gasteiger partial charge is 0.427 e. The van der Waals surface area contributed by atoms with Crippen LogP contribution in [-0.2, 0) is 6.42 Å². The molecule has 0 atom stereocenters. The van der Waals surface area contributed by atoms with Crippen LogP contribution in [0.25, 0.3) is 12.2 Å². The van der Waals surface area contributed by atoms with Crippen molar-refractivity contribution in [2.75, 3.05) is 0 Å². The number of carbonyl (C=O) groups is 1. The van der Waals surface area contributed by atoms with E-state index in [0.29, 0.717) is 11.3 Å². The predicted octanol–water partition coefficient (Wildman–Crippen LogP) is 4.25. The monoisotopic (exact) mass is 393 g/mol. The van der Waals surface area contributed by atoms with Crippen LogP contribution in [0.1, 0.15) is 34.0 Å². The molecule has 0 spiro atoms. The van der Waals surface area contributed by atoms with Gasteiger partial charge in [0.05, 0.1) is 0 Å². The number of primary amides is 1. The summed E-state index contributed by atoms with van der Waals surface area (Å²) in [6, 6.07) is 13.5. The van der Waals surface area contributed by atoms with Crippen LogP contribution in [0.15, 0.2) is 42.5 Å². The molecule has 108 valence electrons. The van der Waals surface area contributed by atoms with Gasteiger partial charge in [-0.3, -0.25) is 4.79 Å². The van der Waals surface area contributed by atoms with Gasteiger partial charge in [0, 0.05) is 11.1 Å². The maximum Gasteiger partial charge on any atom is 0.248 e. The first kappa shape index (κ1) is 15.6. The van der Waals surface area contributed by atoms with Crippen molar-refractivity contribution in [1.82, 2.24) is 0 Å². The van der Waals surface area contributed by atoms with Gasteiger partial charge in [-0.05, 0) is 35.7 Å². The van der Waals surface area contributed by atoms with Gasteiger partial charge in [-0.25, -0.2) is 0 Å².